The summed E-state index contributed by atoms with van der Waals surface area (Å²) in [6.45, 7) is 3.24. The number of ether oxygens (including phenoxy) is 1. The number of carbonyl (C=O) groups is 1. The zero-order valence-electron chi connectivity index (χ0n) is 14.6. The second-order valence-corrected chi connectivity index (χ2v) is 6.02. The standard InChI is InChI=1S/C17H28N4O3/c1-18-17(21(2)8-5-14-6-10-23-11-7-14)20-13-16(22)19-12-15-4-3-9-24-15/h3-4,9,14H,5-8,10-13H2,1-2H3,(H,18,20)(H,19,22). The van der Waals surface area contributed by atoms with Crippen LogP contribution in [0.25, 0.3) is 0 Å². The molecule has 1 aromatic heterocycles. The fourth-order valence-electron chi connectivity index (χ4n) is 2.72. The number of hydrogen-bond donors (Lipinski definition) is 2. The number of hydrogen-bond acceptors (Lipinski definition) is 4. The number of nitrogens with zero attached hydrogens (tertiary/aromatic N) is 2. The third-order valence-electron chi connectivity index (χ3n) is 4.23. The number of nitrogens with one attached hydrogen (secondary N) is 2. The SMILES string of the molecule is CN=C(NCC(=O)NCc1ccco1)N(C)CCC1CCOCC1. The van der Waals surface area contributed by atoms with Gasteiger partial charge in [0, 0.05) is 33.9 Å². The summed E-state index contributed by atoms with van der Waals surface area (Å²) in [5.74, 6) is 2.10. The first kappa shape index (κ1) is 18.3. The molecular formula is C17H28N4O3. The van der Waals surface area contributed by atoms with Gasteiger partial charge in [-0.25, -0.2) is 0 Å². The maximum Gasteiger partial charge on any atom is 0.239 e. The lowest BCUT2D eigenvalue weighted by molar-refractivity contribution is -0.120. The fraction of sp³-hybridized carbons (Fsp3) is 0.647. The van der Waals surface area contributed by atoms with E-state index in [1.165, 1.54) is 0 Å². The summed E-state index contributed by atoms with van der Waals surface area (Å²) in [6, 6.07) is 3.63. The van der Waals surface area contributed by atoms with Gasteiger partial charge in [-0.2, -0.15) is 0 Å². The number of carbonyl (C=O) groups excluding carboxylic acids is 1. The van der Waals surface area contributed by atoms with Gasteiger partial charge >= 0.3 is 0 Å². The van der Waals surface area contributed by atoms with E-state index in [2.05, 4.69) is 20.5 Å². The first-order valence-electron chi connectivity index (χ1n) is 8.47. The molecule has 0 atom stereocenters. The zero-order chi connectivity index (χ0) is 17.2. The van der Waals surface area contributed by atoms with E-state index < -0.39 is 0 Å². The van der Waals surface area contributed by atoms with Gasteiger partial charge < -0.3 is 24.7 Å². The lowest BCUT2D eigenvalue weighted by atomic mass is 9.96. The lowest BCUT2D eigenvalue weighted by Gasteiger charge is -2.26. The topological polar surface area (TPSA) is 79.1 Å². The van der Waals surface area contributed by atoms with Crippen molar-refractivity contribution in [3.05, 3.63) is 24.2 Å². The van der Waals surface area contributed by atoms with Gasteiger partial charge in [0.2, 0.25) is 5.91 Å². The van der Waals surface area contributed by atoms with Crippen LogP contribution in [-0.4, -0.2) is 57.2 Å². The molecule has 2 rings (SSSR count). The van der Waals surface area contributed by atoms with Gasteiger partial charge in [-0.15, -0.1) is 0 Å². The van der Waals surface area contributed by atoms with Crippen molar-refractivity contribution < 1.29 is 13.9 Å². The summed E-state index contributed by atoms with van der Waals surface area (Å²) in [5, 5.41) is 5.90. The van der Waals surface area contributed by atoms with E-state index in [4.69, 9.17) is 9.15 Å². The largest absolute Gasteiger partial charge is 0.467 e. The van der Waals surface area contributed by atoms with E-state index in [1.54, 1.807) is 19.4 Å². The lowest BCUT2D eigenvalue weighted by Crippen LogP contribution is -2.44. The minimum Gasteiger partial charge on any atom is -0.467 e. The Hall–Kier alpha value is -2.02. The van der Waals surface area contributed by atoms with Crippen LogP contribution in [0.1, 0.15) is 25.0 Å². The van der Waals surface area contributed by atoms with Crippen LogP contribution in [0.5, 0.6) is 0 Å². The second-order valence-electron chi connectivity index (χ2n) is 6.02. The van der Waals surface area contributed by atoms with Gasteiger partial charge in [-0.05, 0) is 37.3 Å². The van der Waals surface area contributed by atoms with E-state index in [-0.39, 0.29) is 12.5 Å². The summed E-state index contributed by atoms with van der Waals surface area (Å²) >= 11 is 0. The minimum atomic E-state index is -0.0922. The Balaban J connectivity index is 1.65. The molecule has 1 aliphatic heterocycles. The maximum absolute atomic E-state index is 11.9. The Kier molecular flexibility index (Phi) is 7.61. The maximum atomic E-state index is 11.9. The molecule has 7 nitrogen and oxygen atoms in total. The minimum absolute atomic E-state index is 0.0922. The van der Waals surface area contributed by atoms with Crippen molar-refractivity contribution in [2.45, 2.75) is 25.8 Å². The van der Waals surface area contributed by atoms with Crippen LogP contribution in [0, 0.1) is 5.92 Å². The summed E-state index contributed by atoms with van der Waals surface area (Å²) < 4.78 is 10.6. The Morgan fingerprint density at radius 2 is 2.17 bits per heavy atom. The van der Waals surface area contributed by atoms with Crippen LogP contribution in [0.3, 0.4) is 0 Å². The normalized spacial score (nSPS) is 16.0. The van der Waals surface area contributed by atoms with Crippen LogP contribution in [-0.2, 0) is 16.1 Å². The first-order chi connectivity index (χ1) is 11.7. The highest BCUT2D eigenvalue weighted by atomic mass is 16.5. The number of aliphatic imine (C=N–C) groups is 1. The van der Waals surface area contributed by atoms with Crippen LogP contribution >= 0.6 is 0 Å². The van der Waals surface area contributed by atoms with E-state index in [0.717, 1.165) is 56.7 Å². The van der Waals surface area contributed by atoms with Crippen molar-refractivity contribution in [3.8, 4) is 0 Å². The molecule has 1 fully saturated rings. The van der Waals surface area contributed by atoms with Gasteiger partial charge in [0.1, 0.15) is 5.76 Å². The molecule has 1 aromatic rings. The average molecular weight is 336 g/mol. The molecule has 1 saturated heterocycles. The summed E-state index contributed by atoms with van der Waals surface area (Å²) in [5.41, 5.74) is 0. The van der Waals surface area contributed by atoms with Gasteiger partial charge in [-0.1, -0.05) is 0 Å². The average Bonchev–Trinajstić information content (AvgIpc) is 3.13. The number of amides is 1. The van der Waals surface area contributed by atoms with Gasteiger partial charge in [0.15, 0.2) is 5.96 Å². The Morgan fingerprint density at radius 3 is 2.83 bits per heavy atom. The predicted octanol–water partition coefficient (Wildman–Crippen LogP) is 1.22. The molecule has 0 spiro atoms. The molecule has 0 radical (unpaired) electrons. The van der Waals surface area contributed by atoms with Crippen molar-refractivity contribution in [2.24, 2.45) is 10.9 Å². The van der Waals surface area contributed by atoms with E-state index in [0.29, 0.717) is 6.54 Å². The second kappa shape index (κ2) is 9.97. The van der Waals surface area contributed by atoms with Crippen molar-refractivity contribution in [1.29, 1.82) is 0 Å². The first-order valence-corrected chi connectivity index (χ1v) is 8.47. The quantitative estimate of drug-likeness (QED) is 0.578. The van der Waals surface area contributed by atoms with Crippen molar-refractivity contribution in [2.75, 3.05) is 40.4 Å². The van der Waals surface area contributed by atoms with Gasteiger partial charge in [-0.3, -0.25) is 9.79 Å². The van der Waals surface area contributed by atoms with Crippen molar-refractivity contribution >= 4 is 11.9 Å². The third kappa shape index (κ3) is 6.23. The predicted molar refractivity (Wildman–Crippen MR) is 92.7 cm³/mol. The van der Waals surface area contributed by atoms with E-state index in [1.807, 2.05) is 13.1 Å². The summed E-state index contributed by atoms with van der Waals surface area (Å²) in [4.78, 5) is 18.2. The Bertz CT molecular complexity index is 510. The van der Waals surface area contributed by atoms with Crippen LogP contribution in [0.15, 0.2) is 27.8 Å². The van der Waals surface area contributed by atoms with Crippen molar-refractivity contribution in [3.63, 3.8) is 0 Å². The van der Waals surface area contributed by atoms with Gasteiger partial charge in [0.25, 0.3) is 0 Å². The van der Waals surface area contributed by atoms with Crippen molar-refractivity contribution in [1.82, 2.24) is 15.5 Å². The molecule has 134 valence electrons. The molecule has 0 saturated carbocycles. The molecule has 2 heterocycles. The van der Waals surface area contributed by atoms with Crippen LogP contribution in [0.2, 0.25) is 0 Å². The molecule has 0 bridgehead atoms. The molecule has 0 aromatic carbocycles. The third-order valence-corrected chi connectivity index (χ3v) is 4.23. The highest BCUT2D eigenvalue weighted by molar-refractivity contribution is 5.86. The molecule has 0 aliphatic carbocycles. The number of furan rings is 1. The molecule has 1 amide bonds. The van der Waals surface area contributed by atoms with Gasteiger partial charge in [0.05, 0.1) is 19.4 Å². The van der Waals surface area contributed by atoms with Crippen LogP contribution < -0.4 is 10.6 Å². The number of rotatable bonds is 7. The Morgan fingerprint density at radius 1 is 1.38 bits per heavy atom. The fourth-order valence-corrected chi connectivity index (χ4v) is 2.72. The molecular weight excluding hydrogens is 308 g/mol. The molecule has 24 heavy (non-hydrogen) atoms. The molecule has 1 aliphatic rings. The Labute approximate surface area is 143 Å². The molecule has 2 N–H and O–H groups in total. The highest BCUT2D eigenvalue weighted by Crippen LogP contribution is 2.18. The highest BCUT2D eigenvalue weighted by Gasteiger charge is 2.15. The van der Waals surface area contributed by atoms with E-state index in [9.17, 15) is 4.79 Å². The monoisotopic (exact) mass is 336 g/mol. The molecule has 7 heteroatoms. The van der Waals surface area contributed by atoms with E-state index >= 15 is 0 Å². The van der Waals surface area contributed by atoms with Crippen LogP contribution in [0.4, 0.5) is 0 Å². The zero-order valence-corrected chi connectivity index (χ0v) is 14.6. The molecule has 0 unspecified atom stereocenters. The number of guanidine groups is 1. The summed E-state index contributed by atoms with van der Waals surface area (Å²) in [6.07, 6.45) is 4.98. The summed E-state index contributed by atoms with van der Waals surface area (Å²) in [7, 11) is 3.73. The smallest absolute Gasteiger partial charge is 0.239 e.